The van der Waals surface area contributed by atoms with E-state index < -0.39 is 0 Å². The number of hydrogen-bond acceptors (Lipinski definition) is 4. The maximum atomic E-state index is 9.67. The zero-order valence-corrected chi connectivity index (χ0v) is 23.7. The Morgan fingerprint density at radius 3 is 2.29 bits per heavy atom. The van der Waals surface area contributed by atoms with E-state index in [2.05, 4.69) is 92.7 Å². The molecule has 1 unspecified atom stereocenters. The second-order valence-electron chi connectivity index (χ2n) is 9.27. The third kappa shape index (κ3) is 6.43. The first-order chi connectivity index (χ1) is 18.3. The van der Waals surface area contributed by atoms with E-state index in [1.165, 1.54) is 21.7 Å². The fourth-order valence-corrected chi connectivity index (χ4v) is 4.72. The highest BCUT2D eigenvalue weighted by Crippen LogP contribution is 2.42. The highest BCUT2D eigenvalue weighted by Gasteiger charge is 2.25. The number of fused-ring (bicyclic) bond motifs is 3. The lowest BCUT2D eigenvalue weighted by Crippen LogP contribution is -2.12. The van der Waals surface area contributed by atoms with Gasteiger partial charge in [-0.1, -0.05) is 67.3 Å². The molecule has 4 aromatic rings. The predicted octanol–water partition coefficient (Wildman–Crippen LogP) is 7.70. The van der Waals surface area contributed by atoms with Crippen LogP contribution in [-0.4, -0.2) is 47.5 Å². The van der Waals surface area contributed by atoms with Gasteiger partial charge in [-0.2, -0.15) is 0 Å². The van der Waals surface area contributed by atoms with Crippen molar-refractivity contribution in [2.24, 2.45) is 0 Å². The molecule has 2 heterocycles. The van der Waals surface area contributed by atoms with Crippen LogP contribution in [0.3, 0.4) is 0 Å². The second kappa shape index (κ2) is 14.3. The van der Waals surface area contributed by atoms with E-state index in [9.17, 15) is 5.11 Å². The van der Waals surface area contributed by atoms with E-state index in [1.54, 1.807) is 18.2 Å². The van der Waals surface area contributed by atoms with Crippen LogP contribution in [0.15, 0.2) is 84.3 Å². The molecule has 2 aromatic carbocycles. The van der Waals surface area contributed by atoms with Gasteiger partial charge in [0.15, 0.2) is 5.76 Å². The van der Waals surface area contributed by atoms with Gasteiger partial charge in [0.1, 0.15) is 5.76 Å². The zero-order valence-electron chi connectivity index (χ0n) is 23.7. The van der Waals surface area contributed by atoms with E-state index >= 15 is 0 Å². The fraction of sp³-hybridized carbons (Fsp3) is 0.273. The van der Waals surface area contributed by atoms with Crippen molar-refractivity contribution < 1.29 is 14.6 Å². The van der Waals surface area contributed by atoms with E-state index in [0.29, 0.717) is 5.76 Å². The second-order valence-corrected chi connectivity index (χ2v) is 9.27. The van der Waals surface area contributed by atoms with Crippen molar-refractivity contribution in [1.82, 2.24) is 9.47 Å². The molecule has 4 rings (SSSR count). The Bertz CT molecular complexity index is 1390. The summed E-state index contributed by atoms with van der Waals surface area (Å²) >= 11 is 0. The maximum absolute atomic E-state index is 9.67. The molecule has 1 atom stereocenters. The summed E-state index contributed by atoms with van der Waals surface area (Å²) in [5.41, 5.74) is 5.26. The Morgan fingerprint density at radius 2 is 1.74 bits per heavy atom. The van der Waals surface area contributed by atoms with E-state index in [-0.39, 0.29) is 12.6 Å². The van der Waals surface area contributed by atoms with Gasteiger partial charge in [0, 0.05) is 36.2 Å². The molecule has 38 heavy (non-hydrogen) atoms. The number of aromatic nitrogens is 1. The molecule has 0 aliphatic rings. The average molecular weight is 515 g/mol. The number of aliphatic hydroxyl groups excluding tert-OH is 2. The highest BCUT2D eigenvalue weighted by atomic mass is 16.3. The van der Waals surface area contributed by atoms with Gasteiger partial charge >= 0.3 is 0 Å². The van der Waals surface area contributed by atoms with Crippen molar-refractivity contribution in [2.45, 2.75) is 33.4 Å². The minimum atomic E-state index is 0.0104. The smallest absolute Gasteiger partial charge is 0.152 e. The lowest BCUT2D eigenvalue weighted by Gasteiger charge is -2.17. The fourth-order valence-electron chi connectivity index (χ4n) is 4.72. The lowest BCUT2D eigenvalue weighted by molar-refractivity contribution is 0.330. The average Bonchev–Trinajstić information content (AvgIpc) is 3.48. The lowest BCUT2D eigenvalue weighted by atomic mass is 10.0. The van der Waals surface area contributed by atoms with Crippen LogP contribution in [0, 0.1) is 0 Å². The Balaban J connectivity index is 0.000000947. The first kappa shape index (κ1) is 30.6. The molecule has 202 valence electrons. The van der Waals surface area contributed by atoms with Crippen molar-refractivity contribution in [1.29, 1.82) is 0 Å². The number of allylic oxidation sites excluding steroid dienone is 2. The SMILES string of the molecule is C=CC.C=Cc1cc(-c2c(CN(C)C)c3c4ccccc4ccc3n2C(C)/C=C(\C)CO)oc1C=C.CO. The number of furan rings is 1. The van der Waals surface area contributed by atoms with Crippen LogP contribution in [0.2, 0.25) is 0 Å². The van der Waals surface area contributed by atoms with Gasteiger partial charge in [-0.15, -0.1) is 6.58 Å². The van der Waals surface area contributed by atoms with Crippen LogP contribution in [-0.2, 0) is 6.54 Å². The van der Waals surface area contributed by atoms with E-state index in [0.717, 1.165) is 41.8 Å². The summed E-state index contributed by atoms with van der Waals surface area (Å²) in [7, 11) is 5.17. The largest absolute Gasteiger partial charge is 0.455 e. The van der Waals surface area contributed by atoms with Crippen LogP contribution >= 0.6 is 0 Å². The molecular formula is C33H42N2O3. The van der Waals surface area contributed by atoms with Gasteiger partial charge in [0.2, 0.25) is 0 Å². The van der Waals surface area contributed by atoms with Crippen molar-refractivity contribution in [3.8, 4) is 11.5 Å². The normalized spacial score (nSPS) is 12.0. The van der Waals surface area contributed by atoms with Gasteiger partial charge in [-0.05, 0) is 63.8 Å². The van der Waals surface area contributed by atoms with Gasteiger partial charge in [0.05, 0.1) is 17.8 Å². The van der Waals surface area contributed by atoms with Crippen LogP contribution in [0.1, 0.15) is 43.7 Å². The number of nitrogens with zero attached hydrogens (tertiary/aromatic N) is 2. The molecular weight excluding hydrogens is 472 g/mol. The maximum Gasteiger partial charge on any atom is 0.152 e. The molecule has 0 saturated heterocycles. The van der Waals surface area contributed by atoms with Gasteiger partial charge in [-0.3, -0.25) is 0 Å². The van der Waals surface area contributed by atoms with Crippen molar-refractivity contribution in [2.75, 3.05) is 27.8 Å². The molecule has 2 N–H and O–H groups in total. The Hall–Kier alpha value is -3.64. The van der Waals surface area contributed by atoms with Gasteiger partial charge in [-0.25, -0.2) is 0 Å². The monoisotopic (exact) mass is 514 g/mol. The van der Waals surface area contributed by atoms with Crippen LogP contribution in [0.4, 0.5) is 0 Å². The van der Waals surface area contributed by atoms with E-state index in [4.69, 9.17) is 9.52 Å². The van der Waals surface area contributed by atoms with Crippen LogP contribution < -0.4 is 0 Å². The number of benzene rings is 2. The van der Waals surface area contributed by atoms with Gasteiger partial charge < -0.3 is 24.1 Å². The zero-order chi connectivity index (χ0) is 28.4. The summed E-state index contributed by atoms with van der Waals surface area (Å²) in [6, 6.07) is 15.0. The summed E-state index contributed by atoms with van der Waals surface area (Å²) in [4.78, 5) is 2.19. The Morgan fingerprint density at radius 1 is 1.08 bits per heavy atom. The molecule has 0 fully saturated rings. The molecule has 5 nitrogen and oxygen atoms in total. The third-order valence-corrected chi connectivity index (χ3v) is 6.08. The van der Waals surface area contributed by atoms with Crippen LogP contribution in [0.5, 0.6) is 0 Å². The molecule has 0 spiro atoms. The number of rotatable bonds is 8. The molecule has 0 radical (unpaired) electrons. The highest BCUT2D eigenvalue weighted by molar-refractivity contribution is 6.11. The first-order valence-corrected chi connectivity index (χ1v) is 12.7. The van der Waals surface area contributed by atoms with E-state index in [1.807, 2.05) is 19.9 Å². The standard InChI is InChI=1S/C29H32N2O2.C3H6.CH4O/c1-7-21-16-27(33-26(21)8-2)29-24(17-30(5)6)28-23-12-10-9-11-22(23)13-14-25(28)31(29)20(4)15-19(3)18-32;1-3-2;1-2/h7-16,20,32H,1-2,17-18H2,3-6H3;3H,1H2,2H3;2H,1H3/b19-15+;;. The Kier molecular flexibility index (Phi) is 11.5. The molecule has 0 amide bonds. The summed E-state index contributed by atoms with van der Waals surface area (Å²) in [6.07, 6.45) is 7.40. The summed E-state index contributed by atoms with van der Waals surface area (Å²) < 4.78 is 8.66. The summed E-state index contributed by atoms with van der Waals surface area (Å²) in [6.45, 7) is 18.0. The first-order valence-electron chi connectivity index (χ1n) is 12.7. The quantitative estimate of drug-likeness (QED) is 0.237. The molecule has 2 aromatic heterocycles. The minimum Gasteiger partial charge on any atom is -0.455 e. The number of aliphatic hydroxyl groups is 2. The molecule has 0 aliphatic heterocycles. The summed E-state index contributed by atoms with van der Waals surface area (Å²) in [5, 5.41) is 20.3. The molecule has 0 aliphatic carbocycles. The minimum absolute atomic E-state index is 0.0104. The summed E-state index contributed by atoms with van der Waals surface area (Å²) in [5.74, 6) is 1.51. The van der Waals surface area contributed by atoms with Gasteiger partial charge in [0.25, 0.3) is 0 Å². The predicted molar refractivity (Wildman–Crippen MR) is 164 cm³/mol. The molecule has 5 heteroatoms. The van der Waals surface area contributed by atoms with Crippen molar-refractivity contribution in [3.63, 3.8) is 0 Å². The van der Waals surface area contributed by atoms with Crippen molar-refractivity contribution in [3.05, 3.63) is 96.8 Å². The molecule has 0 bridgehead atoms. The van der Waals surface area contributed by atoms with Crippen molar-refractivity contribution >= 4 is 33.8 Å². The third-order valence-electron chi connectivity index (χ3n) is 6.08. The number of hydrogen-bond donors (Lipinski definition) is 2. The Labute approximate surface area is 227 Å². The van der Waals surface area contributed by atoms with Crippen LogP contribution in [0.25, 0.3) is 45.3 Å². The topological polar surface area (TPSA) is 61.8 Å². The molecule has 0 saturated carbocycles.